The Labute approximate surface area is 313 Å². The summed E-state index contributed by atoms with van der Waals surface area (Å²) in [5.74, 6) is 1.57. The SMILES string of the molecule is C=C(C)C(=O)Oc1ccc(-c2cc(-c3ccccc3)cc(-c3nc(-c4cccc(-c5ccccn5)c4)nc(-c4cccc(-c5ccccn5)c4)n3)c2)cc1. The van der Waals surface area contributed by atoms with E-state index in [0.717, 1.165) is 61.5 Å². The van der Waals surface area contributed by atoms with Crippen LogP contribution in [0.4, 0.5) is 0 Å². The number of esters is 1. The Morgan fingerprint density at radius 1 is 0.444 bits per heavy atom. The minimum atomic E-state index is -0.464. The summed E-state index contributed by atoms with van der Waals surface area (Å²) < 4.78 is 5.46. The molecule has 5 aromatic carbocycles. The third-order valence-electron chi connectivity index (χ3n) is 8.84. The minimum absolute atomic E-state index is 0.335. The van der Waals surface area contributed by atoms with E-state index >= 15 is 0 Å². The molecule has 8 aromatic rings. The fourth-order valence-electron chi connectivity index (χ4n) is 6.10. The summed E-state index contributed by atoms with van der Waals surface area (Å²) in [5.41, 5.74) is 10.4. The van der Waals surface area contributed by atoms with E-state index in [4.69, 9.17) is 19.7 Å². The monoisotopic (exact) mass is 699 g/mol. The van der Waals surface area contributed by atoms with Gasteiger partial charge in [0.15, 0.2) is 17.5 Å². The van der Waals surface area contributed by atoms with Crippen LogP contribution in [0.25, 0.3) is 78.9 Å². The van der Waals surface area contributed by atoms with Gasteiger partial charge in [0, 0.05) is 45.8 Å². The molecule has 0 radical (unpaired) electrons. The van der Waals surface area contributed by atoms with Crippen molar-refractivity contribution in [1.82, 2.24) is 24.9 Å². The number of ether oxygens (including phenoxy) is 1. The Morgan fingerprint density at radius 3 is 1.37 bits per heavy atom. The van der Waals surface area contributed by atoms with Crippen molar-refractivity contribution in [2.45, 2.75) is 6.92 Å². The largest absolute Gasteiger partial charge is 0.423 e. The molecule has 0 amide bonds. The van der Waals surface area contributed by atoms with Gasteiger partial charge in [-0.2, -0.15) is 0 Å². The Morgan fingerprint density at radius 2 is 0.870 bits per heavy atom. The average Bonchev–Trinajstić information content (AvgIpc) is 3.24. The number of pyridine rings is 2. The highest BCUT2D eigenvalue weighted by molar-refractivity contribution is 5.89. The highest BCUT2D eigenvalue weighted by atomic mass is 16.5. The van der Waals surface area contributed by atoms with Gasteiger partial charge in [-0.1, -0.05) is 97.6 Å². The van der Waals surface area contributed by atoms with Crippen molar-refractivity contribution in [2.24, 2.45) is 0 Å². The van der Waals surface area contributed by atoms with Crippen LogP contribution in [0.1, 0.15) is 6.92 Å². The van der Waals surface area contributed by atoms with Crippen molar-refractivity contribution in [3.8, 4) is 84.7 Å². The normalized spacial score (nSPS) is 10.8. The van der Waals surface area contributed by atoms with Crippen molar-refractivity contribution in [1.29, 1.82) is 0 Å². The number of hydrogen-bond donors (Lipinski definition) is 0. The highest BCUT2D eigenvalue weighted by Crippen LogP contribution is 2.35. The smallest absolute Gasteiger partial charge is 0.338 e. The molecule has 0 unspecified atom stereocenters. The highest BCUT2D eigenvalue weighted by Gasteiger charge is 2.16. The lowest BCUT2D eigenvalue weighted by Gasteiger charge is -2.13. The van der Waals surface area contributed by atoms with E-state index in [9.17, 15) is 4.79 Å². The van der Waals surface area contributed by atoms with Gasteiger partial charge < -0.3 is 4.74 Å². The summed E-state index contributed by atoms with van der Waals surface area (Å²) in [6.07, 6.45) is 3.57. The summed E-state index contributed by atoms with van der Waals surface area (Å²) >= 11 is 0. The van der Waals surface area contributed by atoms with E-state index in [0.29, 0.717) is 28.8 Å². The van der Waals surface area contributed by atoms with Crippen LogP contribution in [0.15, 0.2) is 182 Å². The molecule has 0 aliphatic heterocycles. The lowest BCUT2D eigenvalue weighted by Crippen LogP contribution is -2.07. The number of benzene rings is 5. The number of carbonyl (C=O) groups excluding carboxylic acids is 1. The zero-order valence-corrected chi connectivity index (χ0v) is 29.4. The number of nitrogens with zero attached hydrogens (tertiary/aromatic N) is 5. The first kappa shape index (κ1) is 33.7. The molecular formula is C47H33N5O2. The molecule has 7 nitrogen and oxygen atoms in total. The molecule has 0 aliphatic rings. The van der Waals surface area contributed by atoms with Gasteiger partial charge in [-0.15, -0.1) is 0 Å². The third-order valence-corrected chi connectivity index (χ3v) is 8.84. The first-order chi connectivity index (χ1) is 26.5. The van der Waals surface area contributed by atoms with Gasteiger partial charge in [0.1, 0.15) is 5.75 Å². The molecule has 0 atom stereocenters. The quantitative estimate of drug-likeness (QED) is 0.0841. The first-order valence-electron chi connectivity index (χ1n) is 17.5. The van der Waals surface area contributed by atoms with Gasteiger partial charge in [-0.3, -0.25) is 9.97 Å². The summed E-state index contributed by atoms with van der Waals surface area (Å²) in [4.78, 5) is 36.6. The maximum absolute atomic E-state index is 12.2. The van der Waals surface area contributed by atoms with Crippen molar-refractivity contribution >= 4 is 5.97 Å². The second-order valence-electron chi connectivity index (χ2n) is 12.8. The van der Waals surface area contributed by atoms with E-state index in [1.165, 1.54) is 0 Å². The zero-order chi connectivity index (χ0) is 36.9. The standard InChI is InChI=1S/C47H33N5O2/c1-31(2)47(53)54-41-22-20-33(21-23-41)39-28-38(32-12-4-3-5-13-32)29-40(30-39)46-51-44(36-16-10-14-34(26-36)42-18-6-8-24-48-42)50-45(52-46)37-17-11-15-35(27-37)43-19-7-9-25-49-43/h3-30H,1H2,2H3. The van der Waals surface area contributed by atoms with E-state index < -0.39 is 5.97 Å². The lowest BCUT2D eigenvalue weighted by molar-refractivity contribution is -0.130. The minimum Gasteiger partial charge on any atom is -0.423 e. The van der Waals surface area contributed by atoms with Crippen LogP contribution in [0.5, 0.6) is 5.75 Å². The number of hydrogen-bond acceptors (Lipinski definition) is 7. The molecule has 7 heteroatoms. The molecule has 0 aliphatic carbocycles. The summed E-state index contributed by atoms with van der Waals surface area (Å²) in [6, 6.07) is 51.9. The van der Waals surface area contributed by atoms with Gasteiger partial charge in [-0.25, -0.2) is 19.7 Å². The van der Waals surface area contributed by atoms with E-state index in [2.05, 4.69) is 59.0 Å². The molecule has 0 fully saturated rings. The predicted molar refractivity (Wildman–Crippen MR) is 214 cm³/mol. The molecule has 0 saturated carbocycles. The maximum atomic E-state index is 12.2. The Kier molecular flexibility index (Phi) is 9.42. The molecule has 3 aromatic heterocycles. The van der Waals surface area contributed by atoms with Gasteiger partial charge in [0.2, 0.25) is 0 Å². The fourth-order valence-corrected chi connectivity index (χ4v) is 6.10. The molecule has 8 rings (SSSR count). The molecule has 0 saturated heterocycles. The van der Waals surface area contributed by atoms with Gasteiger partial charge >= 0.3 is 5.97 Å². The molecule has 54 heavy (non-hydrogen) atoms. The van der Waals surface area contributed by atoms with Crippen LogP contribution in [0.3, 0.4) is 0 Å². The molecule has 0 bridgehead atoms. The number of carbonyl (C=O) groups is 1. The van der Waals surface area contributed by atoms with Crippen LogP contribution < -0.4 is 4.74 Å². The predicted octanol–water partition coefficient (Wildman–Crippen LogP) is 10.8. The van der Waals surface area contributed by atoms with Gasteiger partial charge in [0.25, 0.3) is 0 Å². The first-order valence-corrected chi connectivity index (χ1v) is 17.5. The lowest BCUT2D eigenvalue weighted by atomic mass is 9.95. The van der Waals surface area contributed by atoms with E-state index in [-0.39, 0.29) is 0 Å². The van der Waals surface area contributed by atoms with Gasteiger partial charge in [-0.05, 0) is 95.9 Å². The van der Waals surface area contributed by atoms with Crippen LogP contribution in [-0.2, 0) is 4.79 Å². The van der Waals surface area contributed by atoms with Crippen LogP contribution in [0.2, 0.25) is 0 Å². The zero-order valence-electron chi connectivity index (χ0n) is 29.4. The second kappa shape index (κ2) is 15.1. The molecule has 258 valence electrons. The van der Waals surface area contributed by atoms with E-state index in [1.807, 2.05) is 103 Å². The second-order valence-corrected chi connectivity index (χ2v) is 12.8. The van der Waals surface area contributed by atoms with Crippen LogP contribution >= 0.6 is 0 Å². The summed E-state index contributed by atoms with van der Waals surface area (Å²) in [7, 11) is 0. The van der Waals surface area contributed by atoms with Crippen molar-refractivity contribution < 1.29 is 9.53 Å². The molecule has 0 spiro atoms. The maximum Gasteiger partial charge on any atom is 0.338 e. The van der Waals surface area contributed by atoms with Crippen molar-refractivity contribution in [3.63, 3.8) is 0 Å². The van der Waals surface area contributed by atoms with Crippen LogP contribution in [0, 0.1) is 0 Å². The van der Waals surface area contributed by atoms with E-state index in [1.54, 1.807) is 31.5 Å². The molecule has 0 N–H and O–H groups in total. The average molecular weight is 700 g/mol. The summed E-state index contributed by atoms with van der Waals surface area (Å²) in [6.45, 7) is 5.31. The summed E-state index contributed by atoms with van der Waals surface area (Å²) in [5, 5.41) is 0. The van der Waals surface area contributed by atoms with Crippen molar-refractivity contribution in [2.75, 3.05) is 0 Å². The Balaban J connectivity index is 1.29. The Hall–Kier alpha value is -7.38. The third kappa shape index (κ3) is 7.47. The van der Waals surface area contributed by atoms with Crippen LogP contribution in [-0.4, -0.2) is 30.9 Å². The molecule has 3 heterocycles. The van der Waals surface area contributed by atoms with Gasteiger partial charge in [0.05, 0.1) is 11.4 Å². The fraction of sp³-hybridized carbons (Fsp3) is 0.0213. The molecular weight excluding hydrogens is 667 g/mol. The Bertz CT molecular complexity index is 2510. The van der Waals surface area contributed by atoms with Crippen molar-refractivity contribution in [3.05, 3.63) is 182 Å². The topological polar surface area (TPSA) is 90.8 Å². The number of rotatable bonds is 9. The number of aromatic nitrogens is 5.